The summed E-state index contributed by atoms with van der Waals surface area (Å²) in [6.07, 6.45) is 2.88. The molecule has 0 saturated carbocycles. The van der Waals surface area contributed by atoms with Crippen LogP contribution >= 0.6 is 0 Å². The molecular formula is C13H17N3. The van der Waals surface area contributed by atoms with Crippen molar-refractivity contribution in [1.82, 2.24) is 9.78 Å². The molecule has 16 heavy (non-hydrogen) atoms. The molecule has 84 valence electrons. The topological polar surface area (TPSA) is 43.8 Å². The first-order chi connectivity index (χ1) is 7.65. The number of hydrogen-bond donors (Lipinski definition) is 1. The zero-order valence-corrected chi connectivity index (χ0v) is 9.72. The van der Waals surface area contributed by atoms with E-state index in [-0.39, 0.29) is 6.04 Å². The van der Waals surface area contributed by atoms with Crippen LogP contribution in [0.3, 0.4) is 0 Å². The lowest BCUT2D eigenvalue weighted by Crippen LogP contribution is -2.17. The first-order valence-electron chi connectivity index (χ1n) is 5.52. The van der Waals surface area contributed by atoms with Gasteiger partial charge in [0.1, 0.15) is 0 Å². The van der Waals surface area contributed by atoms with Crippen LogP contribution in [0.2, 0.25) is 0 Å². The van der Waals surface area contributed by atoms with Crippen molar-refractivity contribution in [2.24, 2.45) is 5.73 Å². The Kier molecular flexibility index (Phi) is 3.06. The van der Waals surface area contributed by atoms with E-state index >= 15 is 0 Å². The Bertz CT molecular complexity index is 454. The number of hydrogen-bond acceptors (Lipinski definition) is 2. The molecule has 0 fully saturated rings. The number of rotatable bonds is 3. The Balaban J connectivity index is 2.19. The molecule has 1 unspecified atom stereocenters. The maximum Gasteiger partial charge on any atom is 0.0645 e. The van der Waals surface area contributed by atoms with E-state index in [0.29, 0.717) is 0 Å². The molecule has 0 aliphatic heterocycles. The number of aromatic nitrogens is 2. The van der Waals surface area contributed by atoms with Crippen molar-refractivity contribution in [3.05, 3.63) is 47.8 Å². The smallest absolute Gasteiger partial charge is 0.0645 e. The van der Waals surface area contributed by atoms with Gasteiger partial charge in [-0.2, -0.15) is 5.10 Å². The summed E-state index contributed by atoms with van der Waals surface area (Å²) in [5.74, 6) is 0. The van der Waals surface area contributed by atoms with E-state index in [9.17, 15) is 0 Å². The molecule has 0 spiro atoms. The molecule has 0 amide bonds. The molecule has 2 aromatic rings. The lowest BCUT2D eigenvalue weighted by atomic mass is 10.1. The second-order valence-electron chi connectivity index (χ2n) is 4.25. The third kappa shape index (κ3) is 2.49. The van der Waals surface area contributed by atoms with Gasteiger partial charge >= 0.3 is 0 Å². The zero-order valence-electron chi connectivity index (χ0n) is 9.72. The van der Waals surface area contributed by atoms with Crippen LogP contribution in [-0.4, -0.2) is 15.8 Å². The van der Waals surface area contributed by atoms with Crippen LogP contribution in [0.15, 0.2) is 36.5 Å². The van der Waals surface area contributed by atoms with Crippen molar-refractivity contribution < 1.29 is 0 Å². The highest BCUT2D eigenvalue weighted by Gasteiger charge is 2.00. The summed E-state index contributed by atoms with van der Waals surface area (Å²) in [6, 6.07) is 10.6. The third-order valence-electron chi connectivity index (χ3n) is 2.48. The Labute approximate surface area is 95.9 Å². The van der Waals surface area contributed by atoms with Gasteiger partial charge in [-0.3, -0.25) is 0 Å². The van der Waals surface area contributed by atoms with Crippen LogP contribution in [0.1, 0.15) is 18.2 Å². The molecule has 2 rings (SSSR count). The average molecular weight is 215 g/mol. The second kappa shape index (κ2) is 4.49. The van der Waals surface area contributed by atoms with Crippen LogP contribution < -0.4 is 5.73 Å². The molecule has 0 saturated heterocycles. The number of aryl methyl sites for hydroxylation is 1. The highest BCUT2D eigenvalue weighted by molar-refractivity contribution is 5.34. The molecule has 1 heterocycles. The predicted molar refractivity (Wildman–Crippen MR) is 65.7 cm³/mol. The Morgan fingerprint density at radius 3 is 2.44 bits per heavy atom. The fraction of sp³-hybridized carbons (Fsp3) is 0.308. The molecule has 0 aliphatic carbocycles. The summed E-state index contributed by atoms with van der Waals surface area (Å²) in [4.78, 5) is 0. The van der Waals surface area contributed by atoms with Crippen molar-refractivity contribution in [3.8, 4) is 5.69 Å². The summed E-state index contributed by atoms with van der Waals surface area (Å²) >= 11 is 0. The Hall–Kier alpha value is -1.61. The van der Waals surface area contributed by atoms with E-state index in [4.69, 9.17) is 5.73 Å². The van der Waals surface area contributed by atoms with Crippen LogP contribution in [0.5, 0.6) is 0 Å². The largest absolute Gasteiger partial charge is 0.328 e. The standard InChI is InChI=1S/C13H17N3/c1-10(14)9-12-3-5-13(6-4-12)16-8-7-11(2)15-16/h3-8,10H,9,14H2,1-2H3. The van der Waals surface area contributed by atoms with Crippen molar-refractivity contribution in [2.45, 2.75) is 26.3 Å². The van der Waals surface area contributed by atoms with Gasteiger partial charge in [-0.15, -0.1) is 0 Å². The molecule has 1 aromatic heterocycles. The van der Waals surface area contributed by atoms with Gasteiger partial charge < -0.3 is 5.73 Å². The summed E-state index contributed by atoms with van der Waals surface area (Å²) < 4.78 is 1.88. The van der Waals surface area contributed by atoms with Crippen LogP contribution in [-0.2, 0) is 6.42 Å². The molecule has 0 bridgehead atoms. The Morgan fingerprint density at radius 1 is 1.25 bits per heavy atom. The molecule has 0 aliphatic rings. The Morgan fingerprint density at radius 2 is 1.94 bits per heavy atom. The van der Waals surface area contributed by atoms with Gasteiger partial charge in [-0.05, 0) is 44.0 Å². The minimum Gasteiger partial charge on any atom is -0.328 e. The van der Waals surface area contributed by atoms with Gasteiger partial charge in [-0.25, -0.2) is 4.68 Å². The number of benzene rings is 1. The predicted octanol–water partition coefficient (Wildman–Crippen LogP) is 2.07. The van der Waals surface area contributed by atoms with Gasteiger partial charge in [0.05, 0.1) is 11.4 Å². The van der Waals surface area contributed by atoms with Crippen molar-refractivity contribution >= 4 is 0 Å². The zero-order chi connectivity index (χ0) is 11.5. The summed E-state index contributed by atoms with van der Waals surface area (Å²) in [7, 11) is 0. The first-order valence-corrected chi connectivity index (χ1v) is 5.52. The van der Waals surface area contributed by atoms with E-state index in [1.165, 1.54) is 5.56 Å². The van der Waals surface area contributed by atoms with Crippen LogP contribution in [0.25, 0.3) is 5.69 Å². The monoisotopic (exact) mass is 215 g/mol. The van der Waals surface area contributed by atoms with Crippen molar-refractivity contribution in [1.29, 1.82) is 0 Å². The maximum absolute atomic E-state index is 5.76. The second-order valence-corrected chi connectivity index (χ2v) is 4.25. The first kappa shape index (κ1) is 10.9. The normalized spacial score (nSPS) is 12.7. The number of nitrogens with zero attached hydrogens (tertiary/aromatic N) is 2. The van der Waals surface area contributed by atoms with Crippen LogP contribution in [0.4, 0.5) is 0 Å². The van der Waals surface area contributed by atoms with Gasteiger partial charge in [-0.1, -0.05) is 12.1 Å². The van der Waals surface area contributed by atoms with E-state index in [1.807, 2.05) is 30.8 Å². The molecule has 0 radical (unpaired) electrons. The summed E-state index contributed by atoms with van der Waals surface area (Å²) in [5.41, 5.74) is 9.14. The third-order valence-corrected chi connectivity index (χ3v) is 2.48. The van der Waals surface area contributed by atoms with Crippen molar-refractivity contribution in [2.75, 3.05) is 0 Å². The lowest BCUT2D eigenvalue weighted by molar-refractivity contribution is 0.737. The highest BCUT2D eigenvalue weighted by Crippen LogP contribution is 2.10. The molecule has 3 heteroatoms. The van der Waals surface area contributed by atoms with Crippen molar-refractivity contribution in [3.63, 3.8) is 0 Å². The summed E-state index contributed by atoms with van der Waals surface area (Å²) in [5, 5.41) is 4.36. The molecular weight excluding hydrogens is 198 g/mol. The molecule has 1 aromatic carbocycles. The fourth-order valence-electron chi connectivity index (χ4n) is 1.72. The van der Waals surface area contributed by atoms with Gasteiger partial charge in [0.2, 0.25) is 0 Å². The fourth-order valence-corrected chi connectivity index (χ4v) is 1.72. The average Bonchev–Trinajstić information content (AvgIpc) is 2.65. The van der Waals surface area contributed by atoms with Gasteiger partial charge in [0, 0.05) is 12.2 Å². The molecule has 2 N–H and O–H groups in total. The SMILES string of the molecule is Cc1ccn(-c2ccc(CC(C)N)cc2)n1. The lowest BCUT2D eigenvalue weighted by Gasteiger charge is -2.06. The van der Waals surface area contributed by atoms with Crippen LogP contribution in [0, 0.1) is 6.92 Å². The van der Waals surface area contributed by atoms with Gasteiger partial charge in [0.15, 0.2) is 0 Å². The molecule has 3 nitrogen and oxygen atoms in total. The number of nitrogens with two attached hydrogens (primary N) is 1. The van der Waals surface area contributed by atoms with E-state index in [2.05, 4.69) is 29.4 Å². The minimum atomic E-state index is 0.206. The highest BCUT2D eigenvalue weighted by atomic mass is 15.3. The minimum absolute atomic E-state index is 0.206. The van der Waals surface area contributed by atoms with Gasteiger partial charge in [0.25, 0.3) is 0 Å². The van der Waals surface area contributed by atoms with E-state index in [0.717, 1.165) is 17.8 Å². The quantitative estimate of drug-likeness (QED) is 0.851. The van der Waals surface area contributed by atoms with E-state index < -0.39 is 0 Å². The summed E-state index contributed by atoms with van der Waals surface area (Å²) in [6.45, 7) is 4.01. The van der Waals surface area contributed by atoms with E-state index in [1.54, 1.807) is 0 Å². The molecule has 1 atom stereocenters. The maximum atomic E-state index is 5.76.